The summed E-state index contributed by atoms with van der Waals surface area (Å²) < 4.78 is 22.8. The fourth-order valence-corrected chi connectivity index (χ4v) is 2.68. The molecule has 1 amide bonds. The first-order valence-electron chi connectivity index (χ1n) is 5.99. The molecule has 0 bridgehead atoms. The molecule has 1 unspecified atom stereocenters. The summed E-state index contributed by atoms with van der Waals surface area (Å²) in [4.78, 5) is 12.0. The number of carbonyl (C=O) groups excluding carboxylic acids is 1. The molecule has 19 heavy (non-hydrogen) atoms. The van der Waals surface area contributed by atoms with Gasteiger partial charge in [0.1, 0.15) is 0 Å². The summed E-state index contributed by atoms with van der Waals surface area (Å²) in [5.74, 6) is -0.00612. The van der Waals surface area contributed by atoms with Crippen LogP contribution in [0.25, 0.3) is 0 Å². The molecular weight excluding hydrogens is 286 g/mol. The number of nitrogens with one attached hydrogen (secondary N) is 1. The summed E-state index contributed by atoms with van der Waals surface area (Å²) in [7, 11) is 1.50. The van der Waals surface area contributed by atoms with Crippen LogP contribution in [-0.2, 0) is 9.05 Å². The maximum atomic E-state index is 12.0. The first-order chi connectivity index (χ1) is 8.62. The Morgan fingerprint density at radius 2 is 1.84 bits per heavy atom. The zero-order valence-corrected chi connectivity index (χ0v) is 13.0. The zero-order chi connectivity index (χ0) is 14.8. The fraction of sp³-hybridized carbons (Fsp3) is 0.462. The van der Waals surface area contributed by atoms with Gasteiger partial charge in [0.2, 0.25) is 0 Å². The van der Waals surface area contributed by atoms with Crippen LogP contribution in [0.3, 0.4) is 0 Å². The van der Waals surface area contributed by atoms with Gasteiger partial charge in [0.25, 0.3) is 15.0 Å². The van der Waals surface area contributed by atoms with Crippen molar-refractivity contribution in [3.05, 3.63) is 29.3 Å². The summed E-state index contributed by atoms with van der Waals surface area (Å²) >= 11 is 0. The van der Waals surface area contributed by atoms with E-state index in [9.17, 15) is 13.2 Å². The third-order valence-corrected chi connectivity index (χ3v) is 4.54. The largest absolute Gasteiger partial charge is 0.349 e. The van der Waals surface area contributed by atoms with Gasteiger partial charge in [-0.2, -0.15) is 0 Å². The van der Waals surface area contributed by atoms with E-state index in [0.29, 0.717) is 11.5 Å². The standard InChI is InChI=1S/C13H18ClNO3S/c1-8(2)10(4)15-13(16)11-6-5-9(3)12(7-11)19(14,17)18/h5-8,10H,1-4H3,(H,15,16). The predicted octanol–water partition coefficient (Wildman–Crippen LogP) is 2.70. The zero-order valence-electron chi connectivity index (χ0n) is 11.4. The quantitative estimate of drug-likeness (QED) is 0.870. The molecule has 0 radical (unpaired) electrons. The van der Waals surface area contributed by atoms with Crippen molar-refractivity contribution in [2.75, 3.05) is 0 Å². The Morgan fingerprint density at radius 3 is 2.32 bits per heavy atom. The average Bonchev–Trinajstić information content (AvgIpc) is 2.27. The molecule has 0 saturated heterocycles. The van der Waals surface area contributed by atoms with Crippen molar-refractivity contribution in [2.45, 2.75) is 38.6 Å². The SMILES string of the molecule is Cc1ccc(C(=O)NC(C)C(C)C)cc1S(=O)(=O)Cl. The maximum Gasteiger partial charge on any atom is 0.261 e. The van der Waals surface area contributed by atoms with Crippen molar-refractivity contribution >= 4 is 25.6 Å². The van der Waals surface area contributed by atoms with E-state index < -0.39 is 9.05 Å². The minimum atomic E-state index is -3.84. The van der Waals surface area contributed by atoms with Crippen LogP contribution < -0.4 is 5.32 Å². The molecule has 1 atom stereocenters. The monoisotopic (exact) mass is 303 g/mol. The normalized spacial score (nSPS) is 13.4. The van der Waals surface area contributed by atoms with Gasteiger partial charge < -0.3 is 5.32 Å². The molecule has 1 aromatic carbocycles. The van der Waals surface area contributed by atoms with E-state index >= 15 is 0 Å². The number of amides is 1. The number of halogens is 1. The second kappa shape index (κ2) is 5.92. The van der Waals surface area contributed by atoms with Gasteiger partial charge in [0.05, 0.1) is 4.90 Å². The molecule has 0 aliphatic heterocycles. The van der Waals surface area contributed by atoms with Gasteiger partial charge >= 0.3 is 0 Å². The number of carbonyl (C=O) groups is 1. The molecular formula is C13H18ClNO3S. The molecule has 6 heteroatoms. The predicted molar refractivity (Wildman–Crippen MR) is 76.0 cm³/mol. The van der Waals surface area contributed by atoms with Gasteiger partial charge in [-0.3, -0.25) is 4.79 Å². The van der Waals surface area contributed by atoms with Gasteiger partial charge in [0.15, 0.2) is 0 Å². The molecule has 0 heterocycles. The Kier molecular flexibility index (Phi) is 4.98. The summed E-state index contributed by atoms with van der Waals surface area (Å²) in [6, 6.07) is 4.47. The van der Waals surface area contributed by atoms with Gasteiger partial charge in [-0.15, -0.1) is 0 Å². The smallest absolute Gasteiger partial charge is 0.261 e. The van der Waals surface area contributed by atoms with Crippen LogP contribution in [-0.4, -0.2) is 20.4 Å². The van der Waals surface area contributed by atoms with Crippen molar-refractivity contribution in [3.63, 3.8) is 0 Å². The van der Waals surface area contributed by atoms with E-state index in [-0.39, 0.29) is 22.4 Å². The minimum Gasteiger partial charge on any atom is -0.349 e. The highest BCUT2D eigenvalue weighted by atomic mass is 35.7. The van der Waals surface area contributed by atoms with Crippen molar-refractivity contribution < 1.29 is 13.2 Å². The Balaban J connectivity index is 3.07. The molecule has 4 nitrogen and oxygen atoms in total. The summed E-state index contributed by atoms with van der Waals surface area (Å²) in [5.41, 5.74) is 0.806. The van der Waals surface area contributed by atoms with Crippen LogP contribution in [0.15, 0.2) is 23.1 Å². The molecule has 1 rings (SSSR count). The van der Waals surface area contributed by atoms with Crippen molar-refractivity contribution in [3.8, 4) is 0 Å². The van der Waals surface area contributed by atoms with Crippen LogP contribution in [0, 0.1) is 12.8 Å². The van der Waals surface area contributed by atoms with E-state index in [0.717, 1.165) is 0 Å². The van der Waals surface area contributed by atoms with Crippen molar-refractivity contribution in [2.24, 2.45) is 5.92 Å². The third-order valence-electron chi connectivity index (χ3n) is 3.07. The number of benzene rings is 1. The van der Waals surface area contributed by atoms with Gasteiger partial charge in [-0.25, -0.2) is 8.42 Å². The second-order valence-corrected chi connectivity index (χ2v) is 7.46. The minimum absolute atomic E-state index is 0.00450. The van der Waals surface area contributed by atoms with E-state index in [2.05, 4.69) is 5.32 Å². The molecule has 1 N–H and O–H groups in total. The summed E-state index contributed by atoms with van der Waals surface area (Å²) in [6.45, 7) is 7.52. The van der Waals surface area contributed by atoms with Crippen LogP contribution >= 0.6 is 10.7 Å². The average molecular weight is 304 g/mol. The lowest BCUT2D eigenvalue weighted by molar-refractivity contribution is 0.0930. The topological polar surface area (TPSA) is 63.2 Å². The highest BCUT2D eigenvalue weighted by Crippen LogP contribution is 2.21. The van der Waals surface area contributed by atoms with Crippen molar-refractivity contribution in [1.29, 1.82) is 0 Å². The Hall–Kier alpha value is -1.07. The lowest BCUT2D eigenvalue weighted by Crippen LogP contribution is -2.36. The highest BCUT2D eigenvalue weighted by molar-refractivity contribution is 8.13. The number of hydrogen-bond donors (Lipinski definition) is 1. The number of rotatable bonds is 4. The molecule has 0 aromatic heterocycles. The summed E-state index contributed by atoms with van der Waals surface area (Å²) in [6.07, 6.45) is 0. The van der Waals surface area contributed by atoms with E-state index in [1.807, 2.05) is 20.8 Å². The second-order valence-electron chi connectivity index (χ2n) is 4.92. The molecule has 0 fully saturated rings. The van der Waals surface area contributed by atoms with Crippen LogP contribution in [0.1, 0.15) is 36.7 Å². The molecule has 0 saturated carbocycles. The van der Waals surface area contributed by atoms with E-state index in [1.165, 1.54) is 6.07 Å². The van der Waals surface area contributed by atoms with E-state index in [1.54, 1.807) is 19.1 Å². The molecule has 1 aromatic rings. The van der Waals surface area contributed by atoms with E-state index in [4.69, 9.17) is 10.7 Å². The first-order valence-corrected chi connectivity index (χ1v) is 8.30. The first kappa shape index (κ1) is 16.0. The van der Waals surface area contributed by atoms with Crippen LogP contribution in [0.5, 0.6) is 0 Å². The van der Waals surface area contributed by atoms with Gasteiger partial charge in [-0.05, 0) is 37.5 Å². The Bertz CT molecular complexity index is 582. The maximum absolute atomic E-state index is 12.0. The van der Waals surface area contributed by atoms with Crippen molar-refractivity contribution in [1.82, 2.24) is 5.32 Å². The molecule has 0 spiro atoms. The highest BCUT2D eigenvalue weighted by Gasteiger charge is 2.18. The third kappa shape index (κ3) is 4.21. The van der Waals surface area contributed by atoms with Gasteiger partial charge in [0, 0.05) is 22.3 Å². The Morgan fingerprint density at radius 1 is 1.26 bits per heavy atom. The lowest BCUT2D eigenvalue weighted by Gasteiger charge is -2.17. The van der Waals surface area contributed by atoms with Crippen LogP contribution in [0.4, 0.5) is 0 Å². The molecule has 0 aliphatic carbocycles. The fourth-order valence-electron chi connectivity index (χ4n) is 1.46. The summed E-state index contributed by atoms with van der Waals surface area (Å²) in [5, 5.41) is 2.82. The molecule has 0 aliphatic rings. The number of hydrogen-bond acceptors (Lipinski definition) is 3. The van der Waals surface area contributed by atoms with Crippen LogP contribution in [0.2, 0.25) is 0 Å². The van der Waals surface area contributed by atoms with Gasteiger partial charge in [-0.1, -0.05) is 19.9 Å². The number of aryl methyl sites for hydroxylation is 1. The Labute approximate surface area is 118 Å². The lowest BCUT2D eigenvalue weighted by atomic mass is 10.1. The molecule has 106 valence electrons.